The molecule has 1 N–H and O–H groups in total. The van der Waals surface area contributed by atoms with Crippen LogP contribution in [0.15, 0.2) is 34.1 Å². The van der Waals surface area contributed by atoms with Crippen molar-refractivity contribution in [1.29, 1.82) is 0 Å². The Kier molecular flexibility index (Phi) is 7.06. The van der Waals surface area contributed by atoms with E-state index < -0.39 is 16.8 Å². The molecule has 0 bridgehead atoms. The Morgan fingerprint density at radius 1 is 0.897 bits per heavy atom. The van der Waals surface area contributed by atoms with Gasteiger partial charge in [-0.1, -0.05) is 72.7 Å². The Labute approximate surface area is 185 Å². The van der Waals surface area contributed by atoms with Gasteiger partial charge in [0.1, 0.15) is 12.4 Å². The van der Waals surface area contributed by atoms with E-state index in [1.165, 1.54) is 5.56 Å². The SMILES string of the molecule is CCc1ccc(COC(=O)c2c(S)c(C(C)(C)C)c(O)c(C(C)(C)C)c2S)cc1. The molecule has 5 heteroatoms. The maximum Gasteiger partial charge on any atom is 0.340 e. The van der Waals surface area contributed by atoms with Gasteiger partial charge in [-0.05, 0) is 28.4 Å². The third-order valence-corrected chi connectivity index (χ3v) is 5.82. The number of phenols is 1. The molecule has 0 spiro atoms. The first-order chi connectivity index (χ1) is 13.3. The summed E-state index contributed by atoms with van der Waals surface area (Å²) in [7, 11) is 0. The van der Waals surface area contributed by atoms with Crippen LogP contribution in [0.4, 0.5) is 0 Å². The molecule has 0 radical (unpaired) electrons. The molecule has 0 atom stereocenters. The molecule has 0 heterocycles. The number of aromatic hydroxyl groups is 1. The second kappa shape index (κ2) is 8.65. The highest BCUT2D eigenvalue weighted by atomic mass is 32.1. The molecule has 3 nitrogen and oxygen atoms in total. The number of hydrogen-bond acceptors (Lipinski definition) is 5. The minimum atomic E-state index is -0.490. The van der Waals surface area contributed by atoms with E-state index in [4.69, 9.17) is 4.74 Å². The number of ether oxygens (including phenoxy) is 1. The number of rotatable bonds is 4. The molecule has 158 valence electrons. The van der Waals surface area contributed by atoms with Gasteiger partial charge in [-0.3, -0.25) is 0 Å². The van der Waals surface area contributed by atoms with E-state index in [0.29, 0.717) is 26.5 Å². The van der Waals surface area contributed by atoms with Gasteiger partial charge in [-0.25, -0.2) is 4.79 Å². The molecular weight excluding hydrogens is 400 g/mol. The molecule has 2 aromatic rings. The molecular formula is C24H32O3S2. The molecule has 0 amide bonds. The van der Waals surface area contributed by atoms with Crippen molar-refractivity contribution in [1.82, 2.24) is 0 Å². The van der Waals surface area contributed by atoms with Crippen LogP contribution in [0.2, 0.25) is 0 Å². The van der Waals surface area contributed by atoms with Crippen molar-refractivity contribution >= 4 is 31.2 Å². The van der Waals surface area contributed by atoms with E-state index in [2.05, 4.69) is 32.2 Å². The van der Waals surface area contributed by atoms with Gasteiger partial charge >= 0.3 is 5.97 Å². The van der Waals surface area contributed by atoms with E-state index >= 15 is 0 Å². The molecule has 29 heavy (non-hydrogen) atoms. The summed E-state index contributed by atoms with van der Waals surface area (Å²) in [5.41, 5.74) is 2.89. The number of aryl methyl sites for hydroxylation is 1. The molecule has 0 unspecified atom stereocenters. The van der Waals surface area contributed by atoms with Crippen molar-refractivity contribution in [3.63, 3.8) is 0 Å². The van der Waals surface area contributed by atoms with Crippen LogP contribution in [0.1, 0.15) is 81.1 Å². The van der Waals surface area contributed by atoms with Crippen molar-refractivity contribution in [2.45, 2.75) is 82.1 Å². The fraction of sp³-hybridized carbons (Fsp3) is 0.458. The topological polar surface area (TPSA) is 46.5 Å². The Morgan fingerprint density at radius 3 is 1.69 bits per heavy atom. The van der Waals surface area contributed by atoms with Gasteiger partial charge in [-0.2, -0.15) is 0 Å². The first kappa shape index (κ1) is 23.7. The molecule has 0 saturated carbocycles. The minimum absolute atomic E-state index is 0.145. The number of phenolic OH excluding ortho intramolecular Hbond substituents is 1. The van der Waals surface area contributed by atoms with Crippen LogP contribution in [0.5, 0.6) is 5.75 Å². The van der Waals surface area contributed by atoms with Gasteiger partial charge in [0.2, 0.25) is 0 Å². The Hall–Kier alpha value is -1.59. The Balaban J connectivity index is 2.51. The summed E-state index contributed by atoms with van der Waals surface area (Å²) in [4.78, 5) is 13.9. The average Bonchev–Trinajstić information content (AvgIpc) is 2.57. The number of benzene rings is 2. The number of esters is 1. The lowest BCUT2D eigenvalue weighted by atomic mass is 9.78. The minimum Gasteiger partial charge on any atom is -0.507 e. The molecule has 0 fully saturated rings. The van der Waals surface area contributed by atoms with E-state index in [-0.39, 0.29) is 12.4 Å². The largest absolute Gasteiger partial charge is 0.507 e. The van der Waals surface area contributed by atoms with Crippen molar-refractivity contribution in [3.8, 4) is 5.75 Å². The standard InChI is InChI=1S/C24H32O3S2/c1-8-14-9-11-15(12-10-14)13-27-22(26)16-20(28)17(23(2,3)4)19(25)18(21(16)29)24(5,6)7/h9-12,25,28-29H,8,13H2,1-7H3. The molecule has 0 saturated heterocycles. The lowest BCUT2D eigenvalue weighted by Gasteiger charge is -2.31. The fourth-order valence-corrected chi connectivity index (χ4v) is 4.79. The van der Waals surface area contributed by atoms with Gasteiger partial charge in [0.05, 0.1) is 5.56 Å². The summed E-state index contributed by atoms with van der Waals surface area (Å²) in [6.07, 6.45) is 0.963. The van der Waals surface area contributed by atoms with E-state index in [1.54, 1.807) is 0 Å². The second-order valence-corrected chi connectivity index (χ2v) is 10.3. The first-order valence-corrected chi connectivity index (χ1v) is 10.7. The third kappa shape index (κ3) is 5.13. The zero-order valence-electron chi connectivity index (χ0n) is 18.4. The van der Waals surface area contributed by atoms with E-state index in [0.717, 1.165) is 12.0 Å². The highest BCUT2D eigenvalue weighted by molar-refractivity contribution is 7.81. The normalized spacial score (nSPS) is 12.2. The van der Waals surface area contributed by atoms with Crippen molar-refractivity contribution < 1.29 is 14.6 Å². The fourth-order valence-electron chi connectivity index (χ4n) is 3.42. The highest BCUT2D eigenvalue weighted by Crippen LogP contribution is 2.47. The van der Waals surface area contributed by atoms with Crippen LogP contribution >= 0.6 is 25.3 Å². The predicted octanol–water partition coefficient (Wildman–Crippen LogP) is 6.48. The summed E-state index contributed by atoms with van der Waals surface area (Å²) >= 11 is 9.25. The van der Waals surface area contributed by atoms with Crippen LogP contribution in [-0.2, 0) is 28.6 Å². The summed E-state index contributed by atoms with van der Waals surface area (Å²) in [5.74, 6) is -0.345. The molecule has 0 aliphatic carbocycles. The summed E-state index contributed by atoms with van der Waals surface area (Å²) < 4.78 is 5.61. The number of carbonyl (C=O) groups excluding carboxylic acids is 1. The van der Waals surface area contributed by atoms with Crippen LogP contribution in [0.25, 0.3) is 0 Å². The van der Waals surface area contributed by atoms with Crippen LogP contribution in [0, 0.1) is 0 Å². The Bertz CT molecular complexity index is 861. The zero-order valence-corrected chi connectivity index (χ0v) is 20.2. The molecule has 0 aliphatic heterocycles. The van der Waals surface area contributed by atoms with Crippen LogP contribution in [-0.4, -0.2) is 11.1 Å². The maximum absolute atomic E-state index is 13.1. The van der Waals surface area contributed by atoms with Crippen molar-refractivity contribution in [2.75, 3.05) is 0 Å². The first-order valence-electron chi connectivity index (χ1n) is 9.85. The number of carbonyl (C=O) groups is 1. The third-order valence-electron chi connectivity index (χ3n) is 4.93. The molecule has 0 aromatic heterocycles. The molecule has 2 aromatic carbocycles. The van der Waals surface area contributed by atoms with Crippen molar-refractivity contribution in [3.05, 3.63) is 52.1 Å². The highest BCUT2D eigenvalue weighted by Gasteiger charge is 2.34. The van der Waals surface area contributed by atoms with E-state index in [1.807, 2.05) is 65.8 Å². The smallest absolute Gasteiger partial charge is 0.340 e. The Morgan fingerprint density at radius 2 is 1.31 bits per heavy atom. The lowest BCUT2D eigenvalue weighted by Crippen LogP contribution is -2.22. The van der Waals surface area contributed by atoms with E-state index in [9.17, 15) is 9.90 Å². The van der Waals surface area contributed by atoms with Crippen LogP contribution in [0.3, 0.4) is 0 Å². The summed E-state index contributed by atoms with van der Waals surface area (Å²) in [6.45, 7) is 14.2. The number of hydrogen-bond donors (Lipinski definition) is 3. The molecule has 2 rings (SSSR count). The number of thiol groups is 2. The monoisotopic (exact) mass is 432 g/mol. The van der Waals surface area contributed by atoms with Crippen molar-refractivity contribution in [2.24, 2.45) is 0 Å². The van der Waals surface area contributed by atoms with Gasteiger partial charge < -0.3 is 9.84 Å². The summed E-state index contributed by atoms with van der Waals surface area (Å²) in [5, 5.41) is 11.0. The average molecular weight is 433 g/mol. The lowest BCUT2D eigenvalue weighted by molar-refractivity contribution is 0.0463. The van der Waals surface area contributed by atoms with Gasteiger partial charge in [0.15, 0.2) is 0 Å². The zero-order chi connectivity index (χ0) is 22.1. The van der Waals surface area contributed by atoms with Gasteiger partial charge in [0, 0.05) is 20.9 Å². The summed E-state index contributed by atoms with van der Waals surface area (Å²) in [6, 6.07) is 8.00. The predicted molar refractivity (Wildman–Crippen MR) is 125 cm³/mol. The van der Waals surface area contributed by atoms with Gasteiger partial charge in [-0.15, -0.1) is 25.3 Å². The second-order valence-electron chi connectivity index (χ2n) is 9.42. The van der Waals surface area contributed by atoms with Crippen LogP contribution < -0.4 is 0 Å². The maximum atomic E-state index is 13.1. The quantitative estimate of drug-likeness (QED) is 0.382. The molecule has 0 aliphatic rings. The van der Waals surface area contributed by atoms with Gasteiger partial charge in [0.25, 0.3) is 0 Å².